The highest BCUT2D eigenvalue weighted by Crippen LogP contribution is 2.40. The summed E-state index contributed by atoms with van der Waals surface area (Å²) in [6.07, 6.45) is 0.461. The molecule has 142 valence electrons. The quantitative estimate of drug-likeness (QED) is 0.547. The molecule has 3 rings (SSSR count). The Labute approximate surface area is 175 Å². The molecular formula is C21H21Cl3N2O. The summed E-state index contributed by atoms with van der Waals surface area (Å²) in [4.78, 5) is 13.0. The van der Waals surface area contributed by atoms with Crippen molar-refractivity contribution in [1.29, 1.82) is 0 Å². The number of hydrogen-bond acceptors (Lipinski definition) is 2. The SMILES string of the molecule is CC1=C(c2ccc(Cl)cc2)N(c2ccc(Cl)cc2Cl)N(C(=O)CC(C)C)C1. The number of halogens is 3. The van der Waals surface area contributed by atoms with Crippen molar-refractivity contribution in [3.63, 3.8) is 0 Å². The molecule has 0 saturated heterocycles. The van der Waals surface area contributed by atoms with Gasteiger partial charge in [-0.25, -0.2) is 10.0 Å². The van der Waals surface area contributed by atoms with Gasteiger partial charge in [0.2, 0.25) is 5.91 Å². The number of hydrogen-bond donors (Lipinski definition) is 0. The van der Waals surface area contributed by atoms with Crippen molar-refractivity contribution in [2.45, 2.75) is 27.2 Å². The van der Waals surface area contributed by atoms with Crippen LogP contribution < -0.4 is 5.01 Å². The highest BCUT2D eigenvalue weighted by molar-refractivity contribution is 6.36. The van der Waals surface area contributed by atoms with E-state index in [4.69, 9.17) is 34.8 Å². The van der Waals surface area contributed by atoms with E-state index in [-0.39, 0.29) is 11.8 Å². The number of amides is 1. The van der Waals surface area contributed by atoms with Crippen molar-refractivity contribution in [2.24, 2.45) is 5.92 Å². The second-order valence-corrected chi connectivity index (χ2v) is 8.37. The van der Waals surface area contributed by atoms with Gasteiger partial charge < -0.3 is 0 Å². The van der Waals surface area contributed by atoms with E-state index < -0.39 is 0 Å². The van der Waals surface area contributed by atoms with Gasteiger partial charge in [0, 0.05) is 22.0 Å². The molecular weight excluding hydrogens is 403 g/mol. The lowest BCUT2D eigenvalue weighted by Gasteiger charge is -2.33. The fraction of sp³-hybridized carbons (Fsp3) is 0.286. The molecule has 0 aromatic heterocycles. The Balaban J connectivity index is 2.11. The lowest BCUT2D eigenvalue weighted by Crippen LogP contribution is -2.42. The third-order valence-electron chi connectivity index (χ3n) is 4.37. The van der Waals surface area contributed by atoms with Crippen LogP contribution in [0.25, 0.3) is 5.70 Å². The Hall–Kier alpha value is -1.68. The Morgan fingerprint density at radius 2 is 1.67 bits per heavy atom. The molecule has 0 radical (unpaired) electrons. The average molecular weight is 424 g/mol. The molecule has 0 N–H and O–H groups in total. The van der Waals surface area contributed by atoms with Crippen LogP contribution in [0.3, 0.4) is 0 Å². The van der Waals surface area contributed by atoms with Crippen LogP contribution in [0.1, 0.15) is 32.8 Å². The van der Waals surface area contributed by atoms with E-state index in [9.17, 15) is 4.79 Å². The van der Waals surface area contributed by atoms with Gasteiger partial charge in [-0.05, 0) is 48.7 Å². The minimum Gasteiger partial charge on any atom is -0.273 e. The summed E-state index contributed by atoms with van der Waals surface area (Å²) in [5.74, 6) is 0.319. The van der Waals surface area contributed by atoms with E-state index in [0.29, 0.717) is 28.0 Å². The molecule has 2 aromatic rings. The van der Waals surface area contributed by atoms with Crippen LogP contribution in [-0.4, -0.2) is 17.5 Å². The summed E-state index contributed by atoms with van der Waals surface area (Å²) >= 11 is 18.6. The fourth-order valence-corrected chi connectivity index (χ4v) is 3.82. The van der Waals surface area contributed by atoms with Crippen molar-refractivity contribution >= 4 is 52.1 Å². The molecule has 0 spiro atoms. The maximum absolute atomic E-state index is 13.0. The Bertz CT molecular complexity index is 891. The van der Waals surface area contributed by atoms with Crippen LogP contribution in [0.4, 0.5) is 5.69 Å². The summed E-state index contributed by atoms with van der Waals surface area (Å²) in [7, 11) is 0. The number of nitrogens with zero attached hydrogens (tertiary/aromatic N) is 2. The van der Waals surface area contributed by atoms with Gasteiger partial charge in [-0.15, -0.1) is 0 Å². The molecule has 0 bridgehead atoms. The van der Waals surface area contributed by atoms with Crippen LogP contribution in [0.2, 0.25) is 15.1 Å². The van der Waals surface area contributed by atoms with E-state index in [0.717, 1.165) is 22.5 Å². The largest absolute Gasteiger partial charge is 0.273 e. The summed E-state index contributed by atoms with van der Waals surface area (Å²) in [6.45, 7) is 6.62. The molecule has 0 fully saturated rings. The Kier molecular flexibility index (Phi) is 6.05. The Morgan fingerprint density at radius 1 is 1.04 bits per heavy atom. The van der Waals surface area contributed by atoms with Gasteiger partial charge in [-0.2, -0.15) is 0 Å². The fourth-order valence-electron chi connectivity index (χ4n) is 3.21. The molecule has 1 aliphatic rings. The predicted molar refractivity (Wildman–Crippen MR) is 114 cm³/mol. The first-order chi connectivity index (χ1) is 12.8. The first kappa shape index (κ1) is 20.1. The van der Waals surface area contributed by atoms with E-state index in [1.807, 2.05) is 56.1 Å². The molecule has 1 amide bonds. The van der Waals surface area contributed by atoms with Crippen LogP contribution in [0.5, 0.6) is 0 Å². The topological polar surface area (TPSA) is 23.6 Å². The molecule has 3 nitrogen and oxygen atoms in total. The third-order valence-corrected chi connectivity index (χ3v) is 5.16. The third kappa shape index (κ3) is 4.26. The van der Waals surface area contributed by atoms with Gasteiger partial charge in [0.1, 0.15) is 0 Å². The van der Waals surface area contributed by atoms with Crippen molar-refractivity contribution in [2.75, 3.05) is 11.6 Å². The monoisotopic (exact) mass is 422 g/mol. The number of anilines is 1. The van der Waals surface area contributed by atoms with Crippen molar-refractivity contribution in [1.82, 2.24) is 5.01 Å². The first-order valence-electron chi connectivity index (χ1n) is 8.79. The molecule has 1 heterocycles. The van der Waals surface area contributed by atoms with Gasteiger partial charge in [-0.1, -0.05) is 60.8 Å². The molecule has 0 aliphatic carbocycles. The van der Waals surface area contributed by atoms with Crippen molar-refractivity contribution < 1.29 is 4.79 Å². The van der Waals surface area contributed by atoms with Gasteiger partial charge in [0.05, 0.1) is 23.0 Å². The van der Waals surface area contributed by atoms with Gasteiger partial charge in [0.15, 0.2) is 0 Å². The molecule has 27 heavy (non-hydrogen) atoms. The average Bonchev–Trinajstić information content (AvgIpc) is 2.92. The smallest absolute Gasteiger partial charge is 0.241 e. The lowest BCUT2D eigenvalue weighted by atomic mass is 10.1. The highest BCUT2D eigenvalue weighted by atomic mass is 35.5. The normalized spacial score (nSPS) is 14.5. The van der Waals surface area contributed by atoms with E-state index >= 15 is 0 Å². The summed E-state index contributed by atoms with van der Waals surface area (Å²) < 4.78 is 0. The van der Waals surface area contributed by atoms with Crippen LogP contribution in [-0.2, 0) is 4.79 Å². The van der Waals surface area contributed by atoms with Crippen LogP contribution >= 0.6 is 34.8 Å². The summed E-state index contributed by atoms with van der Waals surface area (Å²) in [6, 6.07) is 12.9. The van der Waals surface area contributed by atoms with Gasteiger partial charge >= 0.3 is 0 Å². The maximum Gasteiger partial charge on any atom is 0.241 e. The second kappa shape index (κ2) is 8.14. The van der Waals surface area contributed by atoms with Gasteiger partial charge in [-0.3, -0.25) is 4.79 Å². The zero-order valence-corrected chi connectivity index (χ0v) is 17.7. The molecule has 0 unspecified atom stereocenters. The Morgan fingerprint density at radius 3 is 2.26 bits per heavy atom. The van der Waals surface area contributed by atoms with E-state index in [1.54, 1.807) is 17.1 Å². The lowest BCUT2D eigenvalue weighted by molar-refractivity contribution is -0.131. The van der Waals surface area contributed by atoms with E-state index in [1.165, 1.54) is 0 Å². The number of carbonyl (C=O) groups excluding carboxylic acids is 1. The molecule has 1 aliphatic heterocycles. The number of benzene rings is 2. The summed E-state index contributed by atoms with van der Waals surface area (Å²) in [5, 5.41) is 5.37. The second-order valence-electron chi connectivity index (χ2n) is 7.09. The molecule has 0 atom stereocenters. The first-order valence-corrected chi connectivity index (χ1v) is 9.92. The van der Waals surface area contributed by atoms with Crippen molar-refractivity contribution in [3.8, 4) is 0 Å². The zero-order valence-electron chi connectivity index (χ0n) is 15.5. The van der Waals surface area contributed by atoms with E-state index in [2.05, 4.69) is 0 Å². The number of rotatable bonds is 4. The van der Waals surface area contributed by atoms with Crippen LogP contribution in [0, 0.1) is 5.92 Å². The maximum atomic E-state index is 13.0. The summed E-state index contributed by atoms with van der Waals surface area (Å²) in [5.41, 5.74) is 3.72. The zero-order chi connectivity index (χ0) is 19.7. The molecule has 2 aromatic carbocycles. The standard InChI is InChI=1S/C21H21Cl3N2O/c1-13(2)10-20(27)25-12-14(3)21(15-4-6-16(22)7-5-15)26(25)19-9-8-17(23)11-18(19)24/h4-9,11,13H,10,12H2,1-3H3. The van der Waals surface area contributed by atoms with Crippen LogP contribution in [0.15, 0.2) is 48.0 Å². The minimum atomic E-state index is 0.0549. The molecule has 6 heteroatoms. The molecule has 0 saturated carbocycles. The highest BCUT2D eigenvalue weighted by Gasteiger charge is 2.34. The predicted octanol–water partition coefficient (Wildman–Crippen LogP) is 6.69. The van der Waals surface area contributed by atoms with Gasteiger partial charge in [0.25, 0.3) is 0 Å². The van der Waals surface area contributed by atoms with Crippen molar-refractivity contribution in [3.05, 3.63) is 68.7 Å². The minimum absolute atomic E-state index is 0.0549. The number of hydrazine groups is 1. The number of carbonyl (C=O) groups is 1.